The lowest BCUT2D eigenvalue weighted by Gasteiger charge is -2.57. The molecule has 3 aliphatic rings. The summed E-state index contributed by atoms with van der Waals surface area (Å²) < 4.78 is 2.23. The summed E-state index contributed by atoms with van der Waals surface area (Å²) >= 11 is 0. The van der Waals surface area contributed by atoms with Gasteiger partial charge in [0.1, 0.15) is 0 Å². The number of carbonyl (C=O) groups excluding carboxylic acids is 1. The number of nitrogens with zero attached hydrogens (tertiary/aromatic N) is 3. The van der Waals surface area contributed by atoms with Crippen molar-refractivity contribution < 1.29 is 9.90 Å². The third-order valence-electron chi connectivity index (χ3n) is 6.81. The monoisotopic (exact) mass is 337 g/mol. The Hall–Kier alpha value is -2.14. The molecule has 1 spiro atoms. The van der Waals surface area contributed by atoms with E-state index in [1.807, 2.05) is 17.4 Å². The van der Waals surface area contributed by atoms with E-state index in [1.165, 1.54) is 11.1 Å². The number of imidazole rings is 1. The third kappa shape index (κ3) is 1.99. The summed E-state index contributed by atoms with van der Waals surface area (Å²) in [5.74, 6) is 0.369. The van der Waals surface area contributed by atoms with Crippen molar-refractivity contribution in [2.45, 2.75) is 38.3 Å². The maximum Gasteiger partial charge on any atom is 0.219 e. The van der Waals surface area contributed by atoms with Crippen LogP contribution >= 0.6 is 0 Å². The summed E-state index contributed by atoms with van der Waals surface area (Å²) in [6.07, 6.45) is 6.36. The van der Waals surface area contributed by atoms with Gasteiger partial charge in [0.05, 0.1) is 30.4 Å². The molecule has 1 N–H and O–H groups in total. The predicted molar refractivity (Wildman–Crippen MR) is 93.8 cm³/mol. The zero-order valence-electron chi connectivity index (χ0n) is 14.4. The summed E-state index contributed by atoms with van der Waals surface area (Å²) in [6.45, 7) is 3.18. The summed E-state index contributed by atoms with van der Waals surface area (Å²) in [4.78, 5) is 17.8. The molecule has 0 unspecified atom stereocenters. The number of piperidine rings is 1. The van der Waals surface area contributed by atoms with Gasteiger partial charge in [-0.2, -0.15) is 0 Å². The van der Waals surface area contributed by atoms with Crippen LogP contribution in [-0.4, -0.2) is 44.7 Å². The zero-order valence-corrected chi connectivity index (χ0v) is 14.4. The Bertz CT molecular complexity index is 835. The van der Waals surface area contributed by atoms with Crippen LogP contribution < -0.4 is 0 Å². The highest BCUT2D eigenvalue weighted by Gasteiger charge is 2.57. The first-order chi connectivity index (χ1) is 12.1. The average Bonchev–Trinajstić information content (AvgIpc) is 3.21. The molecule has 2 fully saturated rings. The van der Waals surface area contributed by atoms with Gasteiger partial charge in [-0.15, -0.1) is 0 Å². The van der Waals surface area contributed by atoms with E-state index in [0.717, 1.165) is 38.0 Å². The molecule has 5 rings (SSSR count). The van der Waals surface area contributed by atoms with Crippen LogP contribution in [0.4, 0.5) is 0 Å². The van der Waals surface area contributed by atoms with E-state index in [0.29, 0.717) is 0 Å². The molecule has 130 valence electrons. The molecule has 0 radical (unpaired) electrons. The van der Waals surface area contributed by atoms with Crippen molar-refractivity contribution in [3.63, 3.8) is 0 Å². The summed E-state index contributed by atoms with van der Waals surface area (Å²) in [5.41, 5.74) is 3.69. The largest absolute Gasteiger partial charge is 0.392 e. The first-order valence-electron chi connectivity index (χ1n) is 9.15. The highest BCUT2D eigenvalue weighted by atomic mass is 16.3. The van der Waals surface area contributed by atoms with Gasteiger partial charge in [-0.1, -0.05) is 24.3 Å². The predicted octanol–water partition coefficient (Wildman–Crippen LogP) is 2.46. The zero-order chi connectivity index (χ0) is 17.2. The molecule has 2 aliphatic heterocycles. The Morgan fingerprint density at radius 1 is 1.28 bits per heavy atom. The lowest BCUT2D eigenvalue weighted by molar-refractivity contribution is -0.163. The minimum absolute atomic E-state index is 0.00506. The smallest absolute Gasteiger partial charge is 0.219 e. The lowest BCUT2D eigenvalue weighted by Crippen LogP contribution is -2.59. The normalized spacial score (nSPS) is 29.2. The fourth-order valence-electron chi connectivity index (χ4n) is 5.36. The second-order valence-electron chi connectivity index (χ2n) is 7.90. The number of hydrogen-bond acceptors (Lipinski definition) is 3. The van der Waals surface area contributed by atoms with Crippen LogP contribution in [0, 0.1) is 11.3 Å². The average molecular weight is 337 g/mol. The van der Waals surface area contributed by atoms with E-state index >= 15 is 0 Å². The van der Waals surface area contributed by atoms with E-state index in [-0.39, 0.29) is 29.4 Å². The van der Waals surface area contributed by atoms with Crippen LogP contribution in [0.2, 0.25) is 0 Å². The number of likely N-dealkylation sites (tertiary alicyclic amines) is 1. The van der Waals surface area contributed by atoms with E-state index in [4.69, 9.17) is 0 Å². The molecule has 1 aromatic carbocycles. The van der Waals surface area contributed by atoms with Gasteiger partial charge >= 0.3 is 0 Å². The molecule has 1 aliphatic carbocycles. The topological polar surface area (TPSA) is 58.4 Å². The van der Waals surface area contributed by atoms with Gasteiger partial charge in [-0.3, -0.25) is 4.79 Å². The molecule has 3 atom stereocenters. The van der Waals surface area contributed by atoms with Gasteiger partial charge < -0.3 is 14.6 Å². The molecule has 1 saturated carbocycles. The molecule has 5 nitrogen and oxygen atoms in total. The highest BCUT2D eigenvalue weighted by Crippen LogP contribution is 2.59. The molecule has 0 bridgehead atoms. The van der Waals surface area contributed by atoms with Crippen LogP contribution in [0.5, 0.6) is 0 Å². The Morgan fingerprint density at radius 3 is 2.76 bits per heavy atom. The summed E-state index contributed by atoms with van der Waals surface area (Å²) in [5, 5.41) is 11.1. The minimum atomic E-state index is -0.312. The van der Waals surface area contributed by atoms with Crippen molar-refractivity contribution in [2.75, 3.05) is 13.1 Å². The second kappa shape index (κ2) is 5.18. The van der Waals surface area contributed by atoms with Crippen molar-refractivity contribution in [3.8, 4) is 11.3 Å². The summed E-state index contributed by atoms with van der Waals surface area (Å²) in [7, 11) is 0. The molecule has 5 heteroatoms. The van der Waals surface area contributed by atoms with Gasteiger partial charge in [-0.05, 0) is 24.8 Å². The van der Waals surface area contributed by atoms with Gasteiger partial charge in [0.25, 0.3) is 0 Å². The van der Waals surface area contributed by atoms with Crippen molar-refractivity contribution in [1.29, 1.82) is 0 Å². The van der Waals surface area contributed by atoms with E-state index in [1.54, 1.807) is 6.92 Å². The fourth-order valence-corrected chi connectivity index (χ4v) is 5.36. The van der Waals surface area contributed by atoms with E-state index in [2.05, 4.69) is 33.8 Å². The van der Waals surface area contributed by atoms with E-state index in [9.17, 15) is 9.90 Å². The molecular formula is C20H23N3O2. The maximum atomic E-state index is 11.6. The van der Waals surface area contributed by atoms with Gasteiger partial charge in [0.15, 0.2) is 0 Å². The van der Waals surface area contributed by atoms with Gasteiger partial charge in [0.2, 0.25) is 5.91 Å². The number of aromatic nitrogens is 2. The SMILES string of the molecule is CC(=O)N1CCC2(CC1)C[C@@H]([C@H]1c3ccccc3-c3cncn31)[C@H]2O. The lowest BCUT2D eigenvalue weighted by atomic mass is 9.53. The number of fused-ring (bicyclic) bond motifs is 3. The first kappa shape index (κ1) is 15.1. The van der Waals surface area contributed by atoms with Crippen LogP contribution in [0.1, 0.15) is 37.8 Å². The number of carbonyl (C=O) groups is 1. The van der Waals surface area contributed by atoms with Crippen molar-refractivity contribution in [3.05, 3.63) is 42.4 Å². The van der Waals surface area contributed by atoms with E-state index < -0.39 is 0 Å². The van der Waals surface area contributed by atoms with Gasteiger partial charge in [0, 0.05) is 36.9 Å². The molecule has 1 saturated heterocycles. The number of amides is 1. The molecule has 1 amide bonds. The number of aliphatic hydroxyl groups excluding tert-OH is 1. The minimum Gasteiger partial charge on any atom is -0.392 e. The molecule has 2 aromatic rings. The van der Waals surface area contributed by atoms with Crippen molar-refractivity contribution in [1.82, 2.24) is 14.5 Å². The van der Waals surface area contributed by atoms with Crippen LogP contribution in [-0.2, 0) is 4.79 Å². The Labute approximate surface area is 147 Å². The molecule has 25 heavy (non-hydrogen) atoms. The molecular weight excluding hydrogens is 314 g/mol. The fraction of sp³-hybridized carbons (Fsp3) is 0.500. The van der Waals surface area contributed by atoms with Crippen molar-refractivity contribution >= 4 is 5.91 Å². The Balaban J connectivity index is 1.41. The number of aliphatic hydroxyl groups is 1. The van der Waals surface area contributed by atoms with Gasteiger partial charge in [-0.25, -0.2) is 4.98 Å². The quantitative estimate of drug-likeness (QED) is 0.870. The highest BCUT2D eigenvalue weighted by molar-refractivity contribution is 5.73. The number of benzene rings is 1. The third-order valence-corrected chi connectivity index (χ3v) is 6.81. The maximum absolute atomic E-state index is 11.6. The van der Waals surface area contributed by atoms with Crippen LogP contribution in [0.15, 0.2) is 36.8 Å². The number of rotatable bonds is 1. The second-order valence-corrected chi connectivity index (χ2v) is 7.90. The van der Waals surface area contributed by atoms with Crippen molar-refractivity contribution in [2.24, 2.45) is 11.3 Å². The first-order valence-corrected chi connectivity index (χ1v) is 9.15. The Kier molecular flexibility index (Phi) is 3.14. The number of hydrogen-bond donors (Lipinski definition) is 1. The Morgan fingerprint density at radius 2 is 2.04 bits per heavy atom. The van der Waals surface area contributed by atoms with Crippen LogP contribution in [0.25, 0.3) is 11.3 Å². The summed E-state index contributed by atoms with van der Waals surface area (Å²) in [6, 6.07) is 8.66. The molecule has 1 aromatic heterocycles. The molecule has 3 heterocycles. The standard InChI is InChI=1S/C20H23N3O2/c1-13(24)22-8-6-20(7-9-22)10-16(19(20)25)18-15-5-3-2-4-14(15)17-11-21-12-23(17)18/h2-5,11-12,16,18-19,25H,6-10H2,1H3/t16-,18+,19+/m0/s1. The van der Waals surface area contributed by atoms with Crippen LogP contribution in [0.3, 0.4) is 0 Å².